The quantitative estimate of drug-likeness (QED) is 0.868. The minimum Gasteiger partial charge on any atom is -0.341 e. The third-order valence-corrected chi connectivity index (χ3v) is 5.91. The SMILES string of the molecule is c1ccc(CN2[C@@H]3CC[C@@H]2c2cnc(N4CCCC4)nc2C3)cc1. The Balaban J connectivity index is 1.42. The molecule has 0 saturated carbocycles. The van der Waals surface area contributed by atoms with Crippen LogP contribution < -0.4 is 4.90 Å². The van der Waals surface area contributed by atoms with Gasteiger partial charge in [0.05, 0.1) is 5.69 Å². The fourth-order valence-corrected chi connectivity index (χ4v) is 4.67. The summed E-state index contributed by atoms with van der Waals surface area (Å²) >= 11 is 0. The lowest BCUT2D eigenvalue weighted by molar-refractivity contribution is 0.166. The van der Waals surface area contributed by atoms with Crippen LogP contribution in [0.3, 0.4) is 0 Å². The Bertz CT molecular complexity index is 724. The van der Waals surface area contributed by atoms with Gasteiger partial charge in [0.1, 0.15) is 0 Å². The smallest absolute Gasteiger partial charge is 0.225 e. The summed E-state index contributed by atoms with van der Waals surface area (Å²) in [7, 11) is 0. The van der Waals surface area contributed by atoms with Crippen LogP contribution >= 0.6 is 0 Å². The summed E-state index contributed by atoms with van der Waals surface area (Å²) in [5.74, 6) is 0.960. The minimum atomic E-state index is 0.506. The first-order valence-electron chi connectivity index (χ1n) is 9.29. The van der Waals surface area contributed by atoms with Gasteiger partial charge in [-0.2, -0.15) is 0 Å². The molecule has 0 unspecified atom stereocenters. The van der Waals surface area contributed by atoms with Gasteiger partial charge in [0.15, 0.2) is 0 Å². The van der Waals surface area contributed by atoms with Crippen LogP contribution in [0.1, 0.15) is 48.5 Å². The van der Waals surface area contributed by atoms with Crippen LogP contribution in [0.2, 0.25) is 0 Å². The molecule has 5 rings (SSSR count). The standard InChI is InChI=1S/C20H24N4/c1-2-6-15(7-3-1)14-24-16-8-9-19(24)17-13-21-20(22-18(17)12-16)23-10-4-5-11-23/h1-3,6-7,13,16,19H,4-5,8-12,14H2/t16-,19-/m1/s1. The third kappa shape index (κ3) is 2.40. The molecule has 0 aliphatic carbocycles. The first-order valence-corrected chi connectivity index (χ1v) is 9.29. The molecule has 2 bridgehead atoms. The highest BCUT2D eigenvalue weighted by atomic mass is 15.3. The van der Waals surface area contributed by atoms with Crippen molar-refractivity contribution in [3.05, 3.63) is 53.3 Å². The van der Waals surface area contributed by atoms with E-state index >= 15 is 0 Å². The van der Waals surface area contributed by atoms with E-state index in [-0.39, 0.29) is 0 Å². The Morgan fingerprint density at radius 3 is 2.71 bits per heavy atom. The van der Waals surface area contributed by atoms with Crippen molar-refractivity contribution in [2.45, 2.75) is 50.7 Å². The molecule has 0 spiro atoms. The maximum atomic E-state index is 4.97. The van der Waals surface area contributed by atoms with E-state index in [0.717, 1.165) is 32.0 Å². The van der Waals surface area contributed by atoms with Gasteiger partial charge in [-0.05, 0) is 31.2 Å². The summed E-state index contributed by atoms with van der Waals surface area (Å²) in [4.78, 5) is 14.7. The van der Waals surface area contributed by atoms with Gasteiger partial charge in [-0.15, -0.1) is 0 Å². The molecule has 2 saturated heterocycles. The molecule has 2 aromatic rings. The molecule has 24 heavy (non-hydrogen) atoms. The van der Waals surface area contributed by atoms with Gasteiger partial charge < -0.3 is 4.90 Å². The van der Waals surface area contributed by atoms with Crippen molar-refractivity contribution in [3.8, 4) is 0 Å². The molecule has 2 atom stereocenters. The molecule has 4 heteroatoms. The molecular weight excluding hydrogens is 296 g/mol. The zero-order chi connectivity index (χ0) is 15.9. The first-order chi connectivity index (χ1) is 11.9. The largest absolute Gasteiger partial charge is 0.341 e. The topological polar surface area (TPSA) is 32.3 Å². The number of benzene rings is 1. The molecular formula is C20H24N4. The molecule has 0 radical (unpaired) electrons. The van der Waals surface area contributed by atoms with E-state index in [4.69, 9.17) is 9.97 Å². The summed E-state index contributed by atoms with van der Waals surface area (Å²) in [6.07, 6.45) is 8.29. The van der Waals surface area contributed by atoms with Crippen molar-refractivity contribution < 1.29 is 0 Å². The second-order valence-corrected chi connectivity index (χ2v) is 7.38. The molecule has 4 nitrogen and oxygen atoms in total. The van der Waals surface area contributed by atoms with Gasteiger partial charge in [0.2, 0.25) is 5.95 Å². The average Bonchev–Trinajstić information content (AvgIpc) is 3.24. The molecule has 4 heterocycles. The minimum absolute atomic E-state index is 0.506. The molecule has 3 aliphatic heterocycles. The second kappa shape index (κ2) is 5.85. The predicted molar refractivity (Wildman–Crippen MR) is 94.9 cm³/mol. The first kappa shape index (κ1) is 14.4. The van der Waals surface area contributed by atoms with Crippen LogP contribution in [-0.4, -0.2) is 34.0 Å². The summed E-state index contributed by atoms with van der Waals surface area (Å²) < 4.78 is 0. The van der Waals surface area contributed by atoms with Crippen LogP contribution in [0.15, 0.2) is 36.5 Å². The fraction of sp³-hybridized carbons (Fsp3) is 0.500. The average molecular weight is 320 g/mol. The van der Waals surface area contributed by atoms with Crippen LogP contribution in [0.25, 0.3) is 0 Å². The molecule has 0 amide bonds. The van der Waals surface area contributed by atoms with Crippen molar-refractivity contribution in [2.75, 3.05) is 18.0 Å². The number of aromatic nitrogens is 2. The number of nitrogens with zero attached hydrogens (tertiary/aromatic N) is 4. The summed E-state index contributed by atoms with van der Waals surface area (Å²) in [5.41, 5.74) is 4.10. The lowest BCUT2D eigenvalue weighted by atomic mass is 9.98. The van der Waals surface area contributed by atoms with Gasteiger partial charge in [0, 0.05) is 49.9 Å². The van der Waals surface area contributed by atoms with Crippen molar-refractivity contribution in [3.63, 3.8) is 0 Å². The predicted octanol–water partition coefficient (Wildman–Crippen LogP) is 3.34. The number of hydrogen-bond donors (Lipinski definition) is 0. The van der Waals surface area contributed by atoms with Crippen LogP contribution in [0.4, 0.5) is 5.95 Å². The van der Waals surface area contributed by atoms with Gasteiger partial charge in [-0.3, -0.25) is 4.90 Å². The van der Waals surface area contributed by atoms with Crippen LogP contribution in [-0.2, 0) is 13.0 Å². The molecule has 1 aromatic carbocycles. The van der Waals surface area contributed by atoms with E-state index in [9.17, 15) is 0 Å². The third-order valence-electron chi connectivity index (χ3n) is 5.91. The van der Waals surface area contributed by atoms with E-state index < -0.39 is 0 Å². The second-order valence-electron chi connectivity index (χ2n) is 7.38. The van der Waals surface area contributed by atoms with Gasteiger partial charge in [-0.1, -0.05) is 30.3 Å². The Morgan fingerprint density at radius 2 is 1.88 bits per heavy atom. The zero-order valence-electron chi connectivity index (χ0n) is 14.1. The number of hydrogen-bond acceptors (Lipinski definition) is 4. The molecule has 124 valence electrons. The van der Waals surface area contributed by atoms with Crippen LogP contribution in [0.5, 0.6) is 0 Å². The number of anilines is 1. The van der Waals surface area contributed by atoms with Gasteiger partial charge in [-0.25, -0.2) is 9.97 Å². The fourth-order valence-electron chi connectivity index (χ4n) is 4.67. The lowest BCUT2D eigenvalue weighted by Gasteiger charge is -2.36. The summed E-state index contributed by atoms with van der Waals surface area (Å²) in [6, 6.07) is 12.0. The highest BCUT2D eigenvalue weighted by Crippen LogP contribution is 2.44. The number of rotatable bonds is 3. The number of fused-ring (bicyclic) bond motifs is 4. The molecule has 1 aromatic heterocycles. The summed E-state index contributed by atoms with van der Waals surface area (Å²) in [5, 5.41) is 0. The molecule has 0 N–H and O–H groups in total. The maximum absolute atomic E-state index is 4.97. The van der Waals surface area contributed by atoms with E-state index in [2.05, 4.69) is 46.3 Å². The zero-order valence-corrected chi connectivity index (χ0v) is 14.1. The van der Waals surface area contributed by atoms with Crippen molar-refractivity contribution in [1.82, 2.24) is 14.9 Å². The van der Waals surface area contributed by atoms with Gasteiger partial charge >= 0.3 is 0 Å². The maximum Gasteiger partial charge on any atom is 0.225 e. The lowest BCUT2D eigenvalue weighted by Crippen LogP contribution is -2.38. The van der Waals surface area contributed by atoms with E-state index in [1.165, 1.54) is 42.5 Å². The Labute approximate surface area is 143 Å². The van der Waals surface area contributed by atoms with Crippen molar-refractivity contribution in [1.29, 1.82) is 0 Å². The Hall–Kier alpha value is -1.94. The molecule has 3 aliphatic rings. The monoisotopic (exact) mass is 320 g/mol. The van der Waals surface area contributed by atoms with E-state index in [1.54, 1.807) is 0 Å². The highest BCUT2D eigenvalue weighted by molar-refractivity contribution is 5.38. The normalized spacial score (nSPS) is 25.9. The Kier molecular flexibility index (Phi) is 3.51. The highest BCUT2D eigenvalue weighted by Gasteiger charge is 2.40. The van der Waals surface area contributed by atoms with Crippen molar-refractivity contribution >= 4 is 5.95 Å². The molecule has 2 fully saturated rings. The summed E-state index contributed by atoms with van der Waals surface area (Å²) in [6.45, 7) is 3.28. The van der Waals surface area contributed by atoms with Crippen molar-refractivity contribution in [2.24, 2.45) is 0 Å². The van der Waals surface area contributed by atoms with E-state index in [0.29, 0.717) is 12.1 Å². The Morgan fingerprint density at radius 1 is 1.04 bits per heavy atom. The van der Waals surface area contributed by atoms with E-state index in [1.807, 2.05) is 0 Å². The van der Waals surface area contributed by atoms with Gasteiger partial charge in [0.25, 0.3) is 0 Å². The van der Waals surface area contributed by atoms with Crippen LogP contribution in [0, 0.1) is 0 Å².